The summed E-state index contributed by atoms with van der Waals surface area (Å²) in [6.45, 7) is 0. The van der Waals surface area contributed by atoms with Crippen molar-refractivity contribution in [2.45, 2.75) is 0 Å². The molecular formula is C12H8N4O. The van der Waals surface area contributed by atoms with E-state index >= 15 is 0 Å². The summed E-state index contributed by atoms with van der Waals surface area (Å²) in [5, 5.41) is 7.48. The number of hydrogen-bond acceptors (Lipinski definition) is 4. The molecule has 3 rings (SSSR count). The highest BCUT2D eigenvalue weighted by Gasteiger charge is 2.12. The maximum atomic E-state index is 12.1. The average Bonchev–Trinajstić information content (AvgIpc) is 2.83. The van der Waals surface area contributed by atoms with Gasteiger partial charge in [0.15, 0.2) is 5.69 Å². The molecule has 5 nitrogen and oxygen atoms in total. The zero-order valence-electron chi connectivity index (χ0n) is 8.82. The van der Waals surface area contributed by atoms with Crippen LogP contribution in [0.3, 0.4) is 0 Å². The van der Waals surface area contributed by atoms with Crippen molar-refractivity contribution in [3.63, 3.8) is 0 Å². The van der Waals surface area contributed by atoms with Gasteiger partial charge in [0, 0.05) is 6.20 Å². The van der Waals surface area contributed by atoms with Crippen LogP contribution in [0.4, 0.5) is 0 Å². The third-order valence-electron chi connectivity index (χ3n) is 2.46. The monoisotopic (exact) mass is 224 g/mol. The van der Waals surface area contributed by atoms with Gasteiger partial charge in [-0.3, -0.25) is 9.36 Å². The Morgan fingerprint density at radius 1 is 1.12 bits per heavy atom. The second kappa shape index (κ2) is 3.79. The Morgan fingerprint density at radius 3 is 2.82 bits per heavy atom. The number of carbonyl (C=O) groups excluding carboxylic acids is 1. The number of rotatable bonds is 1. The van der Waals surface area contributed by atoms with Crippen LogP contribution in [0.25, 0.3) is 11.0 Å². The zero-order valence-corrected chi connectivity index (χ0v) is 8.82. The quantitative estimate of drug-likeness (QED) is 0.628. The number of hydrogen-bond donors (Lipinski definition) is 0. The van der Waals surface area contributed by atoms with Crippen molar-refractivity contribution in [3.8, 4) is 0 Å². The summed E-state index contributed by atoms with van der Waals surface area (Å²) in [4.78, 5) is 16.3. The smallest absolute Gasteiger partial charge is 0.266 e. The molecular weight excluding hydrogens is 216 g/mol. The molecule has 0 aliphatic rings. The maximum absolute atomic E-state index is 12.1. The van der Waals surface area contributed by atoms with Crippen molar-refractivity contribution in [2.75, 3.05) is 0 Å². The second-order valence-corrected chi connectivity index (χ2v) is 3.52. The van der Waals surface area contributed by atoms with Crippen molar-refractivity contribution >= 4 is 16.9 Å². The molecule has 0 saturated carbocycles. The van der Waals surface area contributed by atoms with Gasteiger partial charge in [0.2, 0.25) is 0 Å². The van der Waals surface area contributed by atoms with Crippen molar-refractivity contribution in [2.24, 2.45) is 0 Å². The largest absolute Gasteiger partial charge is 0.284 e. The molecule has 0 amide bonds. The fraction of sp³-hybridized carbons (Fsp3) is 0. The van der Waals surface area contributed by atoms with Crippen LogP contribution >= 0.6 is 0 Å². The molecule has 82 valence electrons. The summed E-state index contributed by atoms with van der Waals surface area (Å²) in [5.74, 6) is -0.230. The highest BCUT2D eigenvalue weighted by Crippen LogP contribution is 2.12. The third kappa shape index (κ3) is 1.57. The predicted molar refractivity (Wildman–Crippen MR) is 61.5 cm³/mol. The van der Waals surface area contributed by atoms with Gasteiger partial charge in [0.05, 0.1) is 11.0 Å². The molecule has 0 fully saturated rings. The highest BCUT2D eigenvalue weighted by molar-refractivity contribution is 5.99. The van der Waals surface area contributed by atoms with Crippen LogP contribution in [0.15, 0.2) is 48.9 Å². The van der Waals surface area contributed by atoms with Crippen molar-refractivity contribution in [1.29, 1.82) is 0 Å². The zero-order chi connectivity index (χ0) is 11.7. The lowest BCUT2D eigenvalue weighted by Crippen LogP contribution is -2.12. The van der Waals surface area contributed by atoms with E-state index in [4.69, 9.17) is 0 Å². The first-order valence-corrected chi connectivity index (χ1v) is 5.11. The fourth-order valence-corrected chi connectivity index (χ4v) is 1.66. The molecule has 17 heavy (non-hydrogen) atoms. The van der Waals surface area contributed by atoms with E-state index in [0.717, 1.165) is 11.0 Å². The fourth-order valence-electron chi connectivity index (χ4n) is 1.66. The molecule has 0 spiro atoms. The van der Waals surface area contributed by atoms with Crippen LogP contribution in [0, 0.1) is 0 Å². The minimum absolute atomic E-state index is 0.230. The number of carbonyl (C=O) groups is 1. The third-order valence-corrected chi connectivity index (χ3v) is 2.46. The van der Waals surface area contributed by atoms with E-state index in [-0.39, 0.29) is 5.91 Å². The molecule has 1 aromatic carbocycles. The second-order valence-electron chi connectivity index (χ2n) is 3.52. The average molecular weight is 224 g/mol. The minimum Gasteiger partial charge on any atom is -0.266 e. The lowest BCUT2D eigenvalue weighted by atomic mass is 10.3. The SMILES string of the molecule is O=C(c1cccnn1)n1cnc2ccccc21. The molecule has 0 unspecified atom stereocenters. The number of nitrogens with zero attached hydrogens (tertiary/aromatic N) is 4. The molecule has 0 aliphatic heterocycles. The Bertz CT molecular complexity index is 675. The lowest BCUT2D eigenvalue weighted by Gasteiger charge is -2.00. The standard InChI is InChI=1S/C12H8N4O/c17-12(10-5-3-7-14-15-10)16-8-13-9-4-1-2-6-11(9)16/h1-8H. The van der Waals surface area contributed by atoms with Gasteiger partial charge >= 0.3 is 0 Å². The van der Waals surface area contributed by atoms with Gasteiger partial charge in [-0.25, -0.2) is 4.98 Å². The molecule has 5 heteroatoms. The number of fused-ring (bicyclic) bond motifs is 1. The van der Waals surface area contributed by atoms with Crippen LogP contribution < -0.4 is 0 Å². The summed E-state index contributed by atoms with van der Waals surface area (Å²) >= 11 is 0. The van der Waals surface area contributed by atoms with Gasteiger partial charge in [-0.15, -0.1) is 5.10 Å². The van der Waals surface area contributed by atoms with Crippen LogP contribution in [0.1, 0.15) is 10.5 Å². The van der Waals surface area contributed by atoms with Crippen LogP contribution in [0.5, 0.6) is 0 Å². The van der Waals surface area contributed by atoms with E-state index in [2.05, 4.69) is 15.2 Å². The number of benzene rings is 1. The Kier molecular flexibility index (Phi) is 2.15. The van der Waals surface area contributed by atoms with Crippen molar-refractivity contribution < 1.29 is 4.79 Å². The molecule has 0 bridgehead atoms. The summed E-state index contributed by atoms with van der Waals surface area (Å²) in [6.07, 6.45) is 3.03. The van der Waals surface area contributed by atoms with E-state index in [1.54, 1.807) is 12.1 Å². The van der Waals surface area contributed by atoms with Gasteiger partial charge in [0.25, 0.3) is 5.91 Å². The van der Waals surface area contributed by atoms with Gasteiger partial charge in [-0.2, -0.15) is 5.10 Å². The molecule has 2 heterocycles. The topological polar surface area (TPSA) is 60.7 Å². The van der Waals surface area contributed by atoms with Crippen LogP contribution in [-0.4, -0.2) is 25.7 Å². The van der Waals surface area contributed by atoms with E-state index < -0.39 is 0 Å². The first-order valence-electron chi connectivity index (χ1n) is 5.11. The number of aromatic nitrogens is 4. The van der Waals surface area contributed by atoms with Crippen LogP contribution in [0.2, 0.25) is 0 Å². The molecule has 0 atom stereocenters. The molecule has 0 radical (unpaired) electrons. The summed E-state index contributed by atoms with van der Waals surface area (Å²) in [7, 11) is 0. The summed E-state index contributed by atoms with van der Waals surface area (Å²) < 4.78 is 1.47. The van der Waals surface area contributed by atoms with Crippen molar-refractivity contribution in [1.82, 2.24) is 19.7 Å². The Balaban J connectivity index is 2.14. The first-order chi connectivity index (χ1) is 8.36. The Hall–Kier alpha value is -2.56. The lowest BCUT2D eigenvalue weighted by molar-refractivity contribution is 0.0958. The van der Waals surface area contributed by atoms with Crippen LogP contribution in [-0.2, 0) is 0 Å². The van der Waals surface area contributed by atoms with Gasteiger partial charge < -0.3 is 0 Å². The first kappa shape index (κ1) is 9.65. The van der Waals surface area contributed by atoms with Gasteiger partial charge in [-0.1, -0.05) is 12.1 Å². The molecule has 0 aliphatic carbocycles. The van der Waals surface area contributed by atoms with E-state index in [1.165, 1.54) is 17.1 Å². The molecule has 3 aromatic rings. The molecule has 0 saturated heterocycles. The van der Waals surface area contributed by atoms with Crippen molar-refractivity contribution in [3.05, 3.63) is 54.6 Å². The normalized spacial score (nSPS) is 10.6. The Morgan fingerprint density at radius 2 is 2.00 bits per heavy atom. The Labute approximate surface area is 96.7 Å². The summed E-state index contributed by atoms with van der Waals surface area (Å²) in [6, 6.07) is 10.8. The number of para-hydroxylation sites is 2. The number of imidazole rings is 1. The van der Waals surface area contributed by atoms with E-state index in [9.17, 15) is 4.79 Å². The minimum atomic E-state index is -0.230. The predicted octanol–water partition coefficient (Wildman–Crippen LogP) is 1.51. The van der Waals surface area contributed by atoms with Gasteiger partial charge in [-0.05, 0) is 24.3 Å². The van der Waals surface area contributed by atoms with Gasteiger partial charge in [0.1, 0.15) is 6.33 Å². The van der Waals surface area contributed by atoms with E-state index in [0.29, 0.717) is 5.69 Å². The molecule has 2 aromatic heterocycles. The van der Waals surface area contributed by atoms with E-state index in [1.807, 2.05) is 24.3 Å². The molecule has 0 N–H and O–H groups in total. The summed E-state index contributed by atoms with van der Waals surface area (Å²) in [5.41, 5.74) is 1.85. The highest BCUT2D eigenvalue weighted by atomic mass is 16.2. The maximum Gasteiger partial charge on any atom is 0.284 e.